The van der Waals surface area contributed by atoms with Gasteiger partial charge in [-0.3, -0.25) is 9.69 Å². The Morgan fingerprint density at radius 3 is 2.67 bits per heavy atom. The van der Waals surface area contributed by atoms with E-state index in [2.05, 4.69) is 14.9 Å². The summed E-state index contributed by atoms with van der Waals surface area (Å²) >= 11 is 3.12. The molecule has 3 aromatic rings. The molecule has 0 spiro atoms. The molecule has 0 saturated heterocycles. The Hall–Kier alpha value is -1.84. The number of carbonyl (C=O) groups is 1. The number of Topliss-reactive ketones (excluding diaryl/α,β-unsaturated/α-hetero) is 1. The van der Waals surface area contributed by atoms with Gasteiger partial charge >= 0.3 is 6.18 Å². The van der Waals surface area contributed by atoms with Crippen molar-refractivity contribution in [1.82, 2.24) is 14.9 Å². The number of benzene rings is 1. The molecule has 1 fully saturated rings. The zero-order valence-electron chi connectivity index (χ0n) is 20.6. The van der Waals surface area contributed by atoms with Gasteiger partial charge in [0.2, 0.25) is 0 Å². The lowest BCUT2D eigenvalue weighted by atomic mass is 9.78. The predicted octanol–water partition coefficient (Wildman–Crippen LogP) is 7.38. The summed E-state index contributed by atoms with van der Waals surface area (Å²) in [5, 5.41) is 1.64. The van der Waals surface area contributed by atoms with E-state index >= 15 is 0 Å². The van der Waals surface area contributed by atoms with E-state index in [1.165, 1.54) is 24.2 Å². The highest BCUT2D eigenvalue weighted by atomic mass is 32.1. The Kier molecular flexibility index (Phi) is 7.79. The van der Waals surface area contributed by atoms with Crippen LogP contribution in [0.15, 0.2) is 18.2 Å². The van der Waals surface area contributed by atoms with Gasteiger partial charge in [-0.25, -0.2) is 9.97 Å². The summed E-state index contributed by atoms with van der Waals surface area (Å²) in [4.78, 5) is 25.5. The summed E-state index contributed by atoms with van der Waals surface area (Å²) < 4.78 is 38.7. The lowest BCUT2D eigenvalue weighted by Crippen LogP contribution is -2.32. The molecule has 2 aliphatic rings. The number of hydrogen-bond donors (Lipinski definition) is 0. The Bertz CT molecular complexity index is 1210. The van der Waals surface area contributed by atoms with Crippen LogP contribution < -0.4 is 0 Å². The molecule has 5 rings (SSSR count). The number of fused-ring (bicyclic) bond motifs is 2. The van der Waals surface area contributed by atoms with Crippen LogP contribution in [-0.2, 0) is 19.4 Å². The standard InChI is InChI=1S/C27H32F3N3OS2/c1-17-31-21-15-20(6-7-24(21)35-17)23(34)14-19-4-2-18(3-5-19)9-12-33-13-10-25-22(16-33)32-26(36-25)8-11-27(28,29)30/h6-7,15,18-19H,2-5,8-14,16H2,1H3. The number of halogens is 3. The van der Waals surface area contributed by atoms with E-state index in [1.807, 2.05) is 25.1 Å². The van der Waals surface area contributed by atoms with E-state index < -0.39 is 12.6 Å². The fraction of sp³-hybridized carbons (Fsp3) is 0.593. The van der Waals surface area contributed by atoms with Crippen molar-refractivity contribution in [2.24, 2.45) is 11.8 Å². The van der Waals surface area contributed by atoms with Crippen LogP contribution in [0.25, 0.3) is 10.2 Å². The van der Waals surface area contributed by atoms with Gasteiger partial charge in [-0.2, -0.15) is 13.2 Å². The zero-order chi connectivity index (χ0) is 25.3. The summed E-state index contributed by atoms with van der Waals surface area (Å²) in [5.41, 5.74) is 2.69. The van der Waals surface area contributed by atoms with E-state index in [-0.39, 0.29) is 12.2 Å². The summed E-state index contributed by atoms with van der Waals surface area (Å²) in [6.45, 7) is 4.71. The number of hydrogen-bond acceptors (Lipinski definition) is 6. The van der Waals surface area contributed by atoms with Crippen LogP contribution in [0.5, 0.6) is 0 Å². The Morgan fingerprint density at radius 1 is 1.11 bits per heavy atom. The third-order valence-corrected chi connectivity index (χ3v) is 9.75. The summed E-state index contributed by atoms with van der Waals surface area (Å²) in [7, 11) is 0. The molecule has 1 aliphatic heterocycles. The molecule has 4 nitrogen and oxygen atoms in total. The highest BCUT2D eigenvalue weighted by Gasteiger charge is 2.29. The number of aromatic nitrogens is 2. The second-order valence-corrected chi connectivity index (χ2v) is 12.7. The maximum atomic E-state index is 12.9. The average Bonchev–Trinajstić information content (AvgIpc) is 3.42. The fourth-order valence-electron chi connectivity index (χ4n) is 5.54. The first-order valence-electron chi connectivity index (χ1n) is 12.9. The Morgan fingerprint density at radius 2 is 1.89 bits per heavy atom. The topological polar surface area (TPSA) is 46.1 Å². The van der Waals surface area contributed by atoms with Crippen molar-refractivity contribution in [2.45, 2.75) is 77.4 Å². The number of thiazole rings is 2. The second-order valence-electron chi connectivity index (χ2n) is 10.3. The highest BCUT2D eigenvalue weighted by molar-refractivity contribution is 7.18. The van der Waals surface area contributed by atoms with Crippen LogP contribution in [0.1, 0.15) is 75.9 Å². The van der Waals surface area contributed by atoms with Crippen molar-refractivity contribution >= 4 is 38.7 Å². The minimum atomic E-state index is -4.13. The number of rotatable bonds is 8. The number of carbonyl (C=O) groups excluding carboxylic acids is 1. The highest BCUT2D eigenvalue weighted by Crippen LogP contribution is 2.35. The van der Waals surface area contributed by atoms with Crippen molar-refractivity contribution in [2.75, 3.05) is 13.1 Å². The van der Waals surface area contributed by atoms with Crippen molar-refractivity contribution in [3.63, 3.8) is 0 Å². The maximum Gasteiger partial charge on any atom is 0.389 e. The third-order valence-electron chi connectivity index (χ3n) is 7.58. The molecule has 0 atom stereocenters. The number of ketones is 1. The van der Waals surface area contributed by atoms with Crippen molar-refractivity contribution in [3.8, 4) is 0 Å². The van der Waals surface area contributed by atoms with E-state index in [9.17, 15) is 18.0 Å². The van der Waals surface area contributed by atoms with Crippen molar-refractivity contribution < 1.29 is 18.0 Å². The second kappa shape index (κ2) is 10.9. The summed E-state index contributed by atoms with van der Waals surface area (Å²) in [5.74, 6) is 1.38. The molecule has 9 heteroatoms. The van der Waals surface area contributed by atoms with E-state index in [0.717, 1.165) is 76.7 Å². The molecule has 194 valence electrons. The van der Waals surface area contributed by atoms with Gasteiger partial charge in [0.15, 0.2) is 5.78 Å². The van der Waals surface area contributed by atoms with Crippen molar-refractivity contribution in [1.29, 1.82) is 0 Å². The van der Waals surface area contributed by atoms with Gasteiger partial charge in [0, 0.05) is 42.8 Å². The largest absolute Gasteiger partial charge is 0.389 e. The van der Waals surface area contributed by atoms with Gasteiger partial charge in [0.05, 0.1) is 25.9 Å². The molecule has 1 saturated carbocycles. The van der Waals surface area contributed by atoms with Gasteiger partial charge in [0.25, 0.3) is 0 Å². The van der Waals surface area contributed by atoms with Gasteiger partial charge in [0.1, 0.15) is 0 Å². The smallest absolute Gasteiger partial charge is 0.297 e. The first-order valence-corrected chi connectivity index (χ1v) is 14.5. The maximum absolute atomic E-state index is 12.9. The quantitative estimate of drug-likeness (QED) is 0.282. The molecule has 36 heavy (non-hydrogen) atoms. The molecule has 2 aromatic heterocycles. The average molecular weight is 536 g/mol. The van der Waals surface area contributed by atoms with Gasteiger partial charge in [-0.05, 0) is 69.2 Å². The monoisotopic (exact) mass is 535 g/mol. The van der Waals surface area contributed by atoms with E-state index in [4.69, 9.17) is 0 Å². The predicted molar refractivity (Wildman–Crippen MR) is 139 cm³/mol. The first kappa shape index (κ1) is 25.8. The molecule has 1 aromatic carbocycles. The van der Waals surface area contributed by atoms with Gasteiger partial charge in [-0.1, -0.05) is 12.8 Å². The van der Waals surface area contributed by atoms with Crippen LogP contribution in [0.2, 0.25) is 0 Å². The number of aryl methyl sites for hydroxylation is 2. The van der Waals surface area contributed by atoms with Crippen molar-refractivity contribution in [3.05, 3.63) is 44.3 Å². The molecular weight excluding hydrogens is 503 g/mol. The van der Waals surface area contributed by atoms with Crippen LogP contribution in [0.4, 0.5) is 13.2 Å². The normalized spacial score (nSPS) is 21.1. The third kappa shape index (κ3) is 6.53. The van der Waals surface area contributed by atoms with Crippen LogP contribution >= 0.6 is 22.7 Å². The van der Waals surface area contributed by atoms with E-state index in [0.29, 0.717) is 23.3 Å². The minimum absolute atomic E-state index is 0.00788. The lowest BCUT2D eigenvalue weighted by Gasteiger charge is -2.31. The Balaban J connectivity index is 1.04. The van der Waals surface area contributed by atoms with E-state index in [1.54, 1.807) is 11.3 Å². The fourth-order valence-corrected chi connectivity index (χ4v) is 7.41. The molecule has 0 N–H and O–H groups in total. The summed E-state index contributed by atoms with van der Waals surface area (Å²) in [6.07, 6.45) is 2.27. The molecule has 0 unspecified atom stereocenters. The molecule has 0 bridgehead atoms. The Labute approximate surface area is 218 Å². The molecule has 3 heterocycles. The zero-order valence-corrected chi connectivity index (χ0v) is 22.2. The molecular formula is C27H32F3N3OS2. The first-order chi connectivity index (χ1) is 17.2. The number of alkyl halides is 3. The van der Waals surface area contributed by atoms with Crippen LogP contribution in [-0.4, -0.2) is 39.9 Å². The lowest BCUT2D eigenvalue weighted by molar-refractivity contribution is -0.134. The van der Waals surface area contributed by atoms with Gasteiger partial charge < -0.3 is 0 Å². The summed E-state index contributed by atoms with van der Waals surface area (Å²) in [6, 6.07) is 5.90. The van der Waals surface area contributed by atoms with Crippen LogP contribution in [0.3, 0.4) is 0 Å². The number of nitrogens with zero attached hydrogens (tertiary/aromatic N) is 3. The SMILES string of the molecule is Cc1nc2cc(C(=O)CC3CCC(CCN4CCc5sc(CCC(F)(F)F)nc5C4)CC3)ccc2s1. The van der Waals surface area contributed by atoms with Crippen LogP contribution in [0, 0.1) is 18.8 Å². The molecule has 0 amide bonds. The molecule has 0 radical (unpaired) electrons. The van der Waals surface area contributed by atoms with Gasteiger partial charge in [-0.15, -0.1) is 22.7 Å². The minimum Gasteiger partial charge on any atom is -0.297 e. The molecule has 1 aliphatic carbocycles.